The second-order valence-corrected chi connectivity index (χ2v) is 3.47. The summed E-state index contributed by atoms with van der Waals surface area (Å²) >= 11 is 5.44. The summed E-state index contributed by atoms with van der Waals surface area (Å²) in [4.78, 5) is 3.67. The number of halogens is 3. The van der Waals surface area contributed by atoms with Crippen molar-refractivity contribution in [3.63, 3.8) is 0 Å². The van der Waals surface area contributed by atoms with E-state index in [0.717, 1.165) is 0 Å². The Balaban J connectivity index is 2.62. The van der Waals surface area contributed by atoms with E-state index in [1.165, 1.54) is 0 Å². The van der Waals surface area contributed by atoms with Gasteiger partial charge in [0.25, 0.3) is 0 Å². The van der Waals surface area contributed by atoms with E-state index < -0.39 is 28.0 Å². The fourth-order valence-electron chi connectivity index (χ4n) is 1.23. The van der Waals surface area contributed by atoms with Crippen molar-refractivity contribution in [1.29, 1.82) is 0 Å². The smallest absolute Gasteiger partial charge is 0.240 e. The molecule has 0 fully saturated rings. The molecule has 0 aliphatic carbocycles. The van der Waals surface area contributed by atoms with E-state index in [1.807, 2.05) is 0 Å². The first-order valence-electron chi connectivity index (χ1n) is 4.44. The number of benzene rings is 1. The molecule has 0 bridgehead atoms. The standard InChI is InChI=1S/C9H6ClF2N3O2/c10-7-4(16)1-3(11)6(8(7)12)9-14-5(2-13)17-15-9/h1,16H,2,13H2. The van der Waals surface area contributed by atoms with Gasteiger partial charge in [-0.05, 0) is 0 Å². The van der Waals surface area contributed by atoms with Gasteiger partial charge in [-0.2, -0.15) is 4.98 Å². The number of hydrogen-bond acceptors (Lipinski definition) is 5. The maximum atomic E-state index is 13.6. The van der Waals surface area contributed by atoms with Gasteiger partial charge in [0, 0.05) is 6.07 Å². The number of rotatable bonds is 2. The maximum absolute atomic E-state index is 13.6. The first-order chi connectivity index (χ1) is 8.04. The van der Waals surface area contributed by atoms with E-state index in [9.17, 15) is 8.78 Å². The molecule has 0 atom stereocenters. The summed E-state index contributed by atoms with van der Waals surface area (Å²) in [5.74, 6) is -3.19. The van der Waals surface area contributed by atoms with E-state index in [2.05, 4.69) is 14.7 Å². The van der Waals surface area contributed by atoms with Crippen LogP contribution in [-0.2, 0) is 6.54 Å². The lowest BCUT2D eigenvalue weighted by molar-refractivity contribution is 0.380. The van der Waals surface area contributed by atoms with Crippen molar-refractivity contribution in [2.75, 3.05) is 0 Å². The van der Waals surface area contributed by atoms with Crippen LogP contribution in [-0.4, -0.2) is 15.2 Å². The minimum absolute atomic E-state index is 0.0306. The monoisotopic (exact) mass is 261 g/mol. The normalized spacial score (nSPS) is 10.8. The number of nitrogens with zero attached hydrogens (tertiary/aromatic N) is 2. The molecule has 1 heterocycles. The highest BCUT2D eigenvalue weighted by Gasteiger charge is 2.22. The van der Waals surface area contributed by atoms with Crippen LogP contribution in [0.25, 0.3) is 11.4 Å². The van der Waals surface area contributed by atoms with Gasteiger partial charge in [0.15, 0.2) is 5.82 Å². The van der Waals surface area contributed by atoms with Crippen molar-refractivity contribution in [1.82, 2.24) is 10.1 Å². The van der Waals surface area contributed by atoms with Crippen molar-refractivity contribution < 1.29 is 18.4 Å². The number of phenolic OH excluding ortho intramolecular Hbond substituents is 1. The number of phenols is 1. The fraction of sp³-hybridized carbons (Fsp3) is 0.111. The topological polar surface area (TPSA) is 85.2 Å². The molecule has 2 aromatic rings. The van der Waals surface area contributed by atoms with Crippen LogP contribution in [0.4, 0.5) is 8.78 Å². The summed E-state index contributed by atoms with van der Waals surface area (Å²) in [7, 11) is 0. The summed E-state index contributed by atoms with van der Waals surface area (Å²) in [6, 6.07) is 0.666. The van der Waals surface area contributed by atoms with Crippen molar-refractivity contribution in [3.8, 4) is 17.1 Å². The highest BCUT2D eigenvalue weighted by atomic mass is 35.5. The van der Waals surface area contributed by atoms with E-state index in [-0.39, 0.29) is 18.3 Å². The molecule has 0 saturated heterocycles. The largest absolute Gasteiger partial charge is 0.506 e. The second kappa shape index (κ2) is 4.27. The zero-order valence-electron chi connectivity index (χ0n) is 8.25. The molecule has 1 aromatic heterocycles. The fourth-order valence-corrected chi connectivity index (χ4v) is 1.38. The summed E-state index contributed by atoms with van der Waals surface area (Å²) < 4.78 is 31.7. The lowest BCUT2D eigenvalue weighted by atomic mass is 10.1. The van der Waals surface area contributed by atoms with E-state index in [1.54, 1.807) is 0 Å². The molecule has 8 heteroatoms. The summed E-state index contributed by atoms with van der Waals surface area (Å²) in [5.41, 5.74) is 4.65. The number of aromatic nitrogens is 2. The zero-order chi connectivity index (χ0) is 12.6. The van der Waals surface area contributed by atoms with Gasteiger partial charge in [-0.15, -0.1) is 0 Å². The van der Waals surface area contributed by atoms with Gasteiger partial charge in [-0.3, -0.25) is 0 Å². The average Bonchev–Trinajstić information content (AvgIpc) is 2.74. The Labute approximate surface area is 98.8 Å². The van der Waals surface area contributed by atoms with Gasteiger partial charge in [-0.25, -0.2) is 8.78 Å². The van der Waals surface area contributed by atoms with Crippen LogP contribution in [0.5, 0.6) is 5.75 Å². The minimum atomic E-state index is -1.16. The Kier molecular flexibility index (Phi) is 2.95. The Morgan fingerprint density at radius 1 is 1.47 bits per heavy atom. The van der Waals surface area contributed by atoms with Crippen LogP contribution in [0, 0.1) is 11.6 Å². The molecule has 0 aliphatic rings. The molecule has 0 aliphatic heterocycles. The second-order valence-electron chi connectivity index (χ2n) is 3.10. The quantitative estimate of drug-likeness (QED) is 0.806. The zero-order valence-corrected chi connectivity index (χ0v) is 9.00. The number of nitrogens with two attached hydrogens (primary N) is 1. The molecule has 3 N–H and O–H groups in total. The van der Waals surface area contributed by atoms with Gasteiger partial charge in [0.1, 0.15) is 16.6 Å². The van der Waals surface area contributed by atoms with Crippen LogP contribution < -0.4 is 5.73 Å². The molecule has 0 unspecified atom stereocenters. The first-order valence-corrected chi connectivity index (χ1v) is 4.82. The molecular formula is C9H6ClF2N3O2. The van der Waals surface area contributed by atoms with Gasteiger partial charge in [0.2, 0.25) is 11.7 Å². The van der Waals surface area contributed by atoms with Crippen molar-refractivity contribution >= 4 is 11.6 Å². The third kappa shape index (κ3) is 1.94. The van der Waals surface area contributed by atoms with Crippen LogP contribution in [0.15, 0.2) is 10.6 Å². The maximum Gasteiger partial charge on any atom is 0.240 e. The van der Waals surface area contributed by atoms with Gasteiger partial charge >= 0.3 is 0 Å². The summed E-state index contributed by atoms with van der Waals surface area (Å²) in [6.07, 6.45) is 0. The van der Waals surface area contributed by atoms with Crippen molar-refractivity contribution in [2.24, 2.45) is 5.73 Å². The van der Waals surface area contributed by atoms with Crippen LogP contribution in [0.3, 0.4) is 0 Å². The predicted molar refractivity (Wildman–Crippen MR) is 54.2 cm³/mol. The lowest BCUT2D eigenvalue weighted by Crippen LogP contribution is -1.97. The Bertz CT molecular complexity index is 574. The molecule has 0 amide bonds. The third-order valence-corrected chi connectivity index (χ3v) is 2.37. The molecule has 90 valence electrons. The highest BCUT2D eigenvalue weighted by Crippen LogP contribution is 2.34. The average molecular weight is 262 g/mol. The SMILES string of the molecule is NCc1nc(-c2c(F)cc(O)c(Cl)c2F)no1. The molecular weight excluding hydrogens is 256 g/mol. The predicted octanol–water partition coefficient (Wildman–Crippen LogP) is 1.83. The lowest BCUT2D eigenvalue weighted by Gasteiger charge is -2.03. The van der Waals surface area contributed by atoms with Crippen LogP contribution in [0.2, 0.25) is 5.02 Å². The third-order valence-electron chi connectivity index (χ3n) is 2.01. The molecule has 5 nitrogen and oxygen atoms in total. The van der Waals surface area contributed by atoms with Crippen LogP contribution in [0.1, 0.15) is 5.89 Å². The van der Waals surface area contributed by atoms with Gasteiger partial charge in [-0.1, -0.05) is 16.8 Å². The van der Waals surface area contributed by atoms with Gasteiger partial charge in [0.05, 0.1) is 12.1 Å². The van der Waals surface area contributed by atoms with Crippen LogP contribution >= 0.6 is 11.6 Å². The van der Waals surface area contributed by atoms with Crippen molar-refractivity contribution in [2.45, 2.75) is 6.54 Å². The molecule has 2 rings (SSSR count). The summed E-state index contributed by atoms with van der Waals surface area (Å²) in [5, 5.41) is 11.9. The summed E-state index contributed by atoms with van der Waals surface area (Å²) in [6.45, 7) is -0.0535. The Hall–Kier alpha value is -1.73. The Morgan fingerprint density at radius 2 is 2.18 bits per heavy atom. The van der Waals surface area contributed by atoms with Gasteiger partial charge < -0.3 is 15.4 Å². The molecule has 1 aromatic carbocycles. The van der Waals surface area contributed by atoms with Crippen molar-refractivity contribution in [3.05, 3.63) is 28.6 Å². The number of hydrogen-bond donors (Lipinski definition) is 2. The molecule has 17 heavy (non-hydrogen) atoms. The molecule has 0 spiro atoms. The van der Waals surface area contributed by atoms with E-state index in [0.29, 0.717) is 6.07 Å². The highest BCUT2D eigenvalue weighted by molar-refractivity contribution is 6.32. The number of aromatic hydroxyl groups is 1. The molecule has 0 saturated carbocycles. The first kappa shape index (κ1) is 11.7. The molecule has 0 radical (unpaired) electrons. The Morgan fingerprint density at radius 3 is 2.76 bits per heavy atom. The van der Waals surface area contributed by atoms with E-state index >= 15 is 0 Å². The van der Waals surface area contributed by atoms with E-state index in [4.69, 9.17) is 22.4 Å². The minimum Gasteiger partial charge on any atom is -0.506 e.